The molecule has 29 heavy (non-hydrogen) atoms. The molecule has 0 amide bonds. The van der Waals surface area contributed by atoms with E-state index in [0.29, 0.717) is 12.1 Å². The highest BCUT2D eigenvalue weighted by molar-refractivity contribution is 5.96. The van der Waals surface area contributed by atoms with Gasteiger partial charge in [0.1, 0.15) is 22.8 Å². The summed E-state index contributed by atoms with van der Waals surface area (Å²) in [6.07, 6.45) is 5.75. The van der Waals surface area contributed by atoms with Crippen molar-refractivity contribution in [3.05, 3.63) is 75.4 Å². The Morgan fingerprint density at radius 2 is 1.90 bits per heavy atom. The third kappa shape index (κ3) is 3.90. The molecular weight excluding hydrogens is 369 g/mol. The van der Waals surface area contributed by atoms with Crippen molar-refractivity contribution in [2.45, 2.75) is 45.8 Å². The summed E-state index contributed by atoms with van der Waals surface area (Å²) in [4.78, 5) is 12.1. The molecule has 0 atom stereocenters. The maximum Gasteiger partial charge on any atom is 0.336 e. The molecule has 0 unspecified atom stereocenters. The second-order valence-electron chi connectivity index (χ2n) is 7.90. The number of halogens is 1. The monoisotopic (exact) mass is 393 g/mol. The average Bonchev–Trinajstić information content (AvgIpc) is 2.66. The molecule has 0 aliphatic carbocycles. The molecule has 0 radical (unpaired) electrons. The van der Waals surface area contributed by atoms with E-state index in [4.69, 9.17) is 9.15 Å². The zero-order valence-electron chi connectivity index (χ0n) is 16.8. The Morgan fingerprint density at radius 3 is 2.62 bits per heavy atom. The number of benzene rings is 2. The lowest BCUT2D eigenvalue weighted by Crippen LogP contribution is -2.28. The molecule has 150 valence electrons. The minimum absolute atomic E-state index is 0.263. The number of aryl methyl sites for hydroxylation is 1. The van der Waals surface area contributed by atoms with E-state index < -0.39 is 5.60 Å². The Bertz CT molecular complexity index is 1140. The smallest absolute Gasteiger partial charge is 0.336 e. The predicted octanol–water partition coefficient (Wildman–Crippen LogP) is 5.68. The zero-order valence-corrected chi connectivity index (χ0v) is 16.8. The van der Waals surface area contributed by atoms with Crippen LogP contribution in [0.3, 0.4) is 0 Å². The quantitative estimate of drug-likeness (QED) is 0.567. The Labute approximate surface area is 169 Å². The van der Waals surface area contributed by atoms with Gasteiger partial charge in [0.15, 0.2) is 0 Å². The molecule has 3 aromatic rings. The number of nitrogens with one attached hydrogen (secondary N) is 1. The van der Waals surface area contributed by atoms with Crippen LogP contribution in [0.15, 0.2) is 51.7 Å². The first-order valence-corrected chi connectivity index (χ1v) is 9.86. The average molecular weight is 393 g/mol. The van der Waals surface area contributed by atoms with Crippen LogP contribution >= 0.6 is 0 Å². The van der Waals surface area contributed by atoms with Crippen LogP contribution in [0, 0.1) is 5.82 Å². The van der Waals surface area contributed by atoms with E-state index in [0.717, 1.165) is 46.4 Å². The minimum Gasteiger partial charge on any atom is -0.482 e. The second-order valence-corrected chi connectivity index (χ2v) is 7.90. The van der Waals surface area contributed by atoms with Gasteiger partial charge in [-0.25, -0.2) is 9.18 Å². The van der Waals surface area contributed by atoms with E-state index in [-0.39, 0.29) is 11.4 Å². The van der Waals surface area contributed by atoms with Crippen LogP contribution in [0.5, 0.6) is 5.75 Å². The largest absolute Gasteiger partial charge is 0.482 e. The lowest BCUT2D eigenvalue weighted by atomic mass is 9.96. The third-order valence-corrected chi connectivity index (χ3v) is 5.04. The topological polar surface area (TPSA) is 51.5 Å². The molecule has 2 heterocycles. The van der Waals surface area contributed by atoms with Crippen LogP contribution in [0.1, 0.15) is 43.9 Å². The number of anilines is 1. The molecule has 5 heteroatoms. The van der Waals surface area contributed by atoms with Crippen molar-refractivity contribution in [2.24, 2.45) is 0 Å². The van der Waals surface area contributed by atoms with Gasteiger partial charge in [-0.2, -0.15) is 0 Å². The van der Waals surface area contributed by atoms with E-state index >= 15 is 0 Å². The van der Waals surface area contributed by atoms with Gasteiger partial charge in [-0.15, -0.1) is 0 Å². The van der Waals surface area contributed by atoms with Gasteiger partial charge < -0.3 is 14.5 Å². The first-order valence-electron chi connectivity index (χ1n) is 9.86. The van der Waals surface area contributed by atoms with Crippen molar-refractivity contribution in [1.29, 1.82) is 0 Å². The Kier molecular flexibility index (Phi) is 4.91. The number of fused-ring (bicyclic) bond motifs is 3. The highest BCUT2D eigenvalue weighted by Crippen LogP contribution is 2.43. The van der Waals surface area contributed by atoms with Crippen LogP contribution in [0.4, 0.5) is 10.1 Å². The van der Waals surface area contributed by atoms with Crippen LogP contribution in [0.2, 0.25) is 0 Å². The lowest BCUT2D eigenvalue weighted by Gasteiger charge is -2.30. The standard InChI is InChI=1S/C24H24FNO3/c1-4-5-16-12-21(27)28-20-13-19(26-14-15-6-8-17(25)9-7-15)18-10-11-24(2,3)29-23(18)22(16)20/h6-13,26H,4-5,14H2,1-3H3. The summed E-state index contributed by atoms with van der Waals surface area (Å²) in [7, 11) is 0. The van der Waals surface area contributed by atoms with Crippen molar-refractivity contribution < 1.29 is 13.5 Å². The van der Waals surface area contributed by atoms with E-state index in [1.165, 1.54) is 12.1 Å². The van der Waals surface area contributed by atoms with Gasteiger partial charge in [0.05, 0.1) is 5.39 Å². The molecule has 1 aliphatic rings. The van der Waals surface area contributed by atoms with Gasteiger partial charge in [-0.3, -0.25) is 0 Å². The summed E-state index contributed by atoms with van der Waals surface area (Å²) in [5, 5.41) is 4.24. The molecule has 0 fully saturated rings. The van der Waals surface area contributed by atoms with Gasteiger partial charge in [-0.1, -0.05) is 25.5 Å². The fourth-order valence-electron chi connectivity index (χ4n) is 3.65. The van der Waals surface area contributed by atoms with Crippen LogP contribution < -0.4 is 15.7 Å². The van der Waals surface area contributed by atoms with Gasteiger partial charge in [0, 0.05) is 29.9 Å². The highest BCUT2D eigenvalue weighted by Gasteiger charge is 2.27. The van der Waals surface area contributed by atoms with Gasteiger partial charge in [-0.05, 0) is 55.7 Å². The van der Waals surface area contributed by atoms with Crippen molar-refractivity contribution in [2.75, 3.05) is 5.32 Å². The van der Waals surface area contributed by atoms with E-state index in [1.54, 1.807) is 18.2 Å². The highest BCUT2D eigenvalue weighted by atomic mass is 19.1. The number of hydrogen-bond acceptors (Lipinski definition) is 4. The molecule has 0 saturated heterocycles. The molecule has 2 aromatic carbocycles. The fourth-order valence-corrected chi connectivity index (χ4v) is 3.65. The summed E-state index contributed by atoms with van der Waals surface area (Å²) in [6.45, 7) is 6.58. The third-order valence-electron chi connectivity index (χ3n) is 5.04. The molecular formula is C24H24FNO3. The zero-order chi connectivity index (χ0) is 20.6. The first kappa shape index (κ1) is 19.2. The van der Waals surface area contributed by atoms with Gasteiger partial charge in [0.2, 0.25) is 0 Å². The Balaban J connectivity index is 1.84. The molecule has 4 nitrogen and oxygen atoms in total. The lowest BCUT2D eigenvalue weighted by molar-refractivity contribution is 0.161. The Hall–Kier alpha value is -3.08. The maximum atomic E-state index is 13.2. The van der Waals surface area contributed by atoms with Crippen LogP contribution in [-0.2, 0) is 13.0 Å². The van der Waals surface area contributed by atoms with Gasteiger partial charge in [0.25, 0.3) is 0 Å². The predicted molar refractivity (Wildman–Crippen MR) is 114 cm³/mol. The van der Waals surface area contributed by atoms with Crippen molar-refractivity contribution >= 4 is 22.7 Å². The SMILES string of the molecule is CCCc1cc(=O)oc2cc(NCc3ccc(F)cc3)c3c(c12)OC(C)(C)C=C3. The molecule has 0 bridgehead atoms. The van der Waals surface area contributed by atoms with Crippen molar-refractivity contribution in [3.63, 3.8) is 0 Å². The number of rotatable bonds is 5. The van der Waals surface area contributed by atoms with Crippen molar-refractivity contribution in [1.82, 2.24) is 0 Å². The summed E-state index contributed by atoms with van der Waals surface area (Å²) >= 11 is 0. The summed E-state index contributed by atoms with van der Waals surface area (Å²) < 4.78 is 25.0. The first-order chi connectivity index (χ1) is 13.9. The van der Waals surface area contributed by atoms with Crippen molar-refractivity contribution in [3.8, 4) is 5.75 Å². The number of hydrogen-bond donors (Lipinski definition) is 1. The van der Waals surface area contributed by atoms with E-state index in [9.17, 15) is 9.18 Å². The summed E-state index contributed by atoms with van der Waals surface area (Å²) in [5.41, 5.74) is 3.29. The maximum absolute atomic E-state index is 13.2. The molecule has 1 N–H and O–H groups in total. The van der Waals surface area contributed by atoms with Crippen LogP contribution in [-0.4, -0.2) is 5.60 Å². The summed E-state index contributed by atoms with van der Waals surface area (Å²) in [6, 6.07) is 9.77. The molecule has 4 rings (SSSR count). The minimum atomic E-state index is -0.463. The molecule has 1 aromatic heterocycles. The van der Waals surface area contributed by atoms with Gasteiger partial charge >= 0.3 is 5.63 Å². The fraction of sp³-hybridized carbons (Fsp3) is 0.292. The van der Waals surface area contributed by atoms with Crippen LogP contribution in [0.25, 0.3) is 17.0 Å². The second kappa shape index (κ2) is 7.39. The number of ether oxygens (including phenoxy) is 1. The van der Waals surface area contributed by atoms with E-state index in [2.05, 4.69) is 12.2 Å². The van der Waals surface area contributed by atoms with E-state index in [1.807, 2.05) is 32.1 Å². The molecule has 1 aliphatic heterocycles. The summed E-state index contributed by atoms with van der Waals surface area (Å²) in [5.74, 6) is 0.462. The molecule has 0 saturated carbocycles. The Morgan fingerprint density at radius 1 is 1.14 bits per heavy atom. The normalized spacial score (nSPS) is 14.5. The molecule has 0 spiro atoms.